The normalized spacial score (nSPS) is 12.9. The van der Waals surface area contributed by atoms with E-state index in [2.05, 4.69) is 4.99 Å². The van der Waals surface area contributed by atoms with Gasteiger partial charge in [0.25, 0.3) is 0 Å². The first-order valence-corrected chi connectivity index (χ1v) is 8.17. The first kappa shape index (κ1) is 16.6. The van der Waals surface area contributed by atoms with Crippen LogP contribution in [-0.2, 0) is 5.75 Å². The molecule has 0 atom stereocenters. The highest BCUT2D eigenvalue weighted by Gasteiger charge is 2.12. The van der Waals surface area contributed by atoms with Crippen LogP contribution in [0.1, 0.15) is 37.5 Å². The van der Waals surface area contributed by atoms with Gasteiger partial charge in [-0.1, -0.05) is 23.9 Å². The summed E-state index contributed by atoms with van der Waals surface area (Å²) in [5.74, 6) is 0.593. The smallest absolute Gasteiger partial charge is 0.336 e. The van der Waals surface area contributed by atoms with Crippen molar-refractivity contribution >= 4 is 27.9 Å². The van der Waals surface area contributed by atoms with Gasteiger partial charge in [0, 0.05) is 17.2 Å². The summed E-state index contributed by atoms with van der Waals surface area (Å²) in [4.78, 5) is 16.2. The number of rotatable bonds is 2. The second-order valence-corrected chi connectivity index (χ2v) is 7.38. The summed E-state index contributed by atoms with van der Waals surface area (Å²) >= 11 is 1.44. The molecule has 0 aliphatic rings. The number of amidine groups is 1. The average molecular weight is 318 g/mol. The summed E-state index contributed by atoms with van der Waals surface area (Å²) in [5.41, 5.74) is 9.11. The van der Waals surface area contributed by atoms with E-state index in [1.165, 1.54) is 17.8 Å². The monoisotopic (exact) mass is 318 g/mol. The topological polar surface area (TPSA) is 68.6 Å². The molecule has 0 fully saturated rings. The molecule has 4 nitrogen and oxygen atoms in total. The zero-order valence-electron chi connectivity index (χ0n) is 13.7. The first-order chi connectivity index (χ1) is 10.2. The molecule has 1 aromatic heterocycles. The molecule has 2 aromatic rings. The van der Waals surface area contributed by atoms with Crippen LogP contribution in [0.15, 0.2) is 32.4 Å². The van der Waals surface area contributed by atoms with Crippen molar-refractivity contribution < 1.29 is 4.42 Å². The molecule has 5 heteroatoms. The highest BCUT2D eigenvalue weighted by Crippen LogP contribution is 2.26. The van der Waals surface area contributed by atoms with Gasteiger partial charge in [0.2, 0.25) is 0 Å². The fraction of sp³-hybridized carbons (Fsp3) is 0.412. The Morgan fingerprint density at radius 1 is 1.32 bits per heavy atom. The van der Waals surface area contributed by atoms with Crippen LogP contribution in [0, 0.1) is 13.8 Å². The standard InChI is InChI=1S/C17H22N2O2S/c1-10-6-7-13-12(8-14(20)21-15(13)11(10)2)9-22-16(18)19-17(3,4)5/h6-8H,9H2,1-5H3,(H2,18,19). The van der Waals surface area contributed by atoms with E-state index in [0.717, 1.165) is 22.1 Å². The zero-order chi connectivity index (χ0) is 16.5. The molecular formula is C17H22N2O2S. The van der Waals surface area contributed by atoms with Crippen molar-refractivity contribution in [2.24, 2.45) is 10.7 Å². The summed E-state index contributed by atoms with van der Waals surface area (Å²) in [6.07, 6.45) is 0. The van der Waals surface area contributed by atoms with Crippen molar-refractivity contribution in [3.8, 4) is 0 Å². The van der Waals surface area contributed by atoms with Crippen LogP contribution in [-0.4, -0.2) is 10.7 Å². The van der Waals surface area contributed by atoms with E-state index in [1.807, 2.05) is 46.8 Å². The minimum absolute atomic E-state index is 0.206. The largest absolute Gasteiger partial charge is 0.422 e. The Balaban J connectivity index is 2.38. The van der Waals surface area contributed by atoms with Crippen LogP contribution in [0.4, 0.5) is 0 Å². The molecule has 2 rings (SSSR count). The number of hydrogen-bond acceptors (Lipinski definition) is 4. The lowest BCUT2D eigenvalue weighted by Crippen LogP contribution is -2.18. The summed E-state index contributed by atoms with van der Waals surface area (Å²) in [6, 6.07) is 5.57. The lowest BCUT2D eigenvalue weighted by atomic mass is 10.0. The van der Waals surface area contributed by atoms with Gasteiger partial charge in [0.15, 0.2) is 5.17 Å². The van der Waals surface area contributed by atoms with Gasteiger partial charge in [-0.05, 0) is 51.3 Å². The molecule has 22 heavy (non-hydrogen) atoms. The molecule has 0 spiro atoms. The van der Waals surface area contributed by atoms with E-state index >= 15 is 0 Å². The number of aliphatic imine (C=N–C) groups is 1. The Bertz CT molecular complexity index is 786. The molecule has 1 aromatic carbocycles. The molecule has 2 N–H and O–H groups in total. The second kappa shape index (κ2) is 6.16. The number of hydrogen-bond donors (Lipinski definition) is 1. The van der Waals surface area contributed by atoms with Crippen LogP contribution in [0.5, 0.6) is 0 Å². The van der Waals surface area contributed by atoms with Gasteiger partial charge >= 0.3 is 5.63 Å². The number of benzene rings is 1. The Labute approximate surface area is 134 Å². The number of thioether (sulfide) groups is 1. The van der Waals surface area contributed by atoms with E-state index in [4.69, 9.17) is 10.2 Å². The summed E-state index contributed by atoms with van der Waals surface area (Å²) in [6.45, 7) is 9.97. The van der Waals surface area contributed by atoms with Crippen LogP contribution in [0.3, 0.4) is 0 Å². The Morgan fingerprint density at radius 2 is 2.00 bits per heavy atom. The third-order valence-electron chi connectivity index (χ3n) is 3.34. The fourth-order valence-electron chi connectivity index (χ4n) is 2.16. The van der Waals surface area contributed by atoms with E-state index in [0.29, 0.717) is 16.5 Å². The van der Waals surface area contributed by atoms with Crippen molar-refractivity contribution in [3.05, 3.63) is 45.3 Å². The predicted molar refractivity (Wildman–Crippen MR) is 94.6 cm³/mol. The van der Waals surface area contributed by atoms with Gasteiger partial charge in [-0.3, -0.25) is 4.99 Å². The minimum Gasteiger partial charge on any atom is -0.422 e. The summed E-state index contributed by atoms with van der Waals surface area (Å²) < 4.78 is 5.38. The fourth-order valence-corrected chi connectivity index (χ4v) is 3.04. The molecule has 0 bridgehead atoms. The van der Waals surface area contributed by atoms with Gasteiger partial charge in [-0.15, -0.1) is 0 Å². The van der Waals surface area contributed by atoms with Crippen molar-refractivity contribution in [2.45, 2.75) is 45.9 Å². The molecule has 1 heterocycles. The molecule has 118 valence electrons. The Morgan fingerprint density at radius 3 is 2.64 bits per heavy atom. The summed E-state index contributed by atoms with van der Waals surface area (Å²) in [5, 5.41) is 1.48. The van der Waals surface area contributed by atoms with Gasteiger partial charge in [0.05, 0.1) is 5.54 Å². The van der Waals surface area contributed by atoms with Gasteiger partial charge in [-0.2, -0.15) is 0 Å². The van der Waals surface area contributed by atoms with Crippen LogP contribution in [0.25, 0.3) is 11.0 Å². The van der Waals surface area contributed by atoms with E-state index in [-0.39, 0.29) is 11.2 Å². The molecular weight excluding hydrogens is 296 g/mol. The number of nitrogens with two attached hydrogens (primary N) is 1. The maximum Gasteiger partial charge on any atom is 0.336 e. The number of aryl methyl sites for hydroxylation is 2. The molecule has 0 aliphatic carbocycles. The first-order valence-electron chi connectivity index (χ1n) is 7.18. The Hall–Kier alpha value is -1.75. The van der Waals surface area contributed by atoms with Crippen molar-refractivity contribution in [3.63, 3.8) is 0 Å². The molecule has 0 unspecified atom stereocenters. The van der Waals surface area contributed by atoms with E-state index in [9.17, 15) is 4.79 Å². The van der Waals surface area contributed by atoms with E-state index < -0.39 is 0 Å². The molecule has 0 saturated heterocycles. The van der Waals surface area contributed by atoms with Crippen molar-refractivity contribution in [2.75, 3.05) is 0 Å². The number of fused-ring (bicyclic) bond motifs is 1. The van der Waals surface area contributed by atoms with Crippen LogP contribution >= 0.6 is 11.8 Å². The zero-order valence-corrected chi connectivity index (χ0v) is 14.5. The lowest BCUT2D eigenvalue weighted by molar-refractivity contribution is 0.557. The molecule has 0 radical (unpaired) electrons. The van der Waals surface area contributed by atoms with Crippen molar-refractivity contribution in [1.29, 1.82) is 0 Å². The van der Waals surface area contributed by atoms with Gasteiger partial charge in [0.1, 0.15) is 5.58 Å². The summed E-state index contributed by atoms with van der Waals surface area (Å²) in [7, 11) is 0. The highest BCUT2D eigenvalue weighted by molar-refractivity contribution is 8.13. The van der Waals surface area contributed by atoms with Crippen molar-refractivity contribution in [1.82, 2.24) is 0 Å². The Kier molecular flexibility index (Phi) is 4.66. The third-order valence-corrected chi connectivity index (χ3v) is 4.18. The maximum atomic E-state index is 11.8. The minimum atomic E-state index is -0.330. The van der Waals surface area contributed by atoms with Crippen LogP contribution in [0.2, 0.25) is 0 Å². The highest BCUT2D eigenvalue weighted by atomic mass is 32.2. The van der Waals surface area contributed by atoms with Gasteiger partial charge in [-0.25, -0.2) is 4.79 Å². The second-order valence-electron chi connectivity index (χ2n) is 6.38. The lowest BCUT2D eigenvalue weighted by Gasteiger charge is -2.13. The quantitative estimate of drug-likeness (QED) is 0.520. The maximum absolute atomic E-state index is 11.8. The molecule has 0 aliphatic heterocycles. The third kappa shape index (κ3) is 3.91. The predicted octanol–water partition coefficient (Wildman–Crippen LogP) is 3.76. The number of nitrogens with zero attached hydrogens (tertiary/aromatic N) is 1. The SMILES string of the molecule is Cc1ccc2c(CSC(N)=NC(C)(C)C)cc(=O)oc2c1C. The van der Waals surface area contributed by atoms with Gasteiger partial charge < -0.3 is 10.2 Å². The molecule has 0 saturated carbocycles. The van der Waals surface area contributed by atoms with E-state index in [1.54, 1.807) is 0 Å². The van der Waals surface area contributed by atoms with Crippen LogP contribution < -0.4 is 11.4 Å². The average Bonchev–Trinajstić information content (AvgIpc) is 2.39. The molecule has 0 amide bonds.